The molecule has 3 rings (SSSR count). The van der Waals surface area contributed by atoms with E-state index in [1.54, 1.807) is 11.3 Å². The number of aliphatic hydroxyl groups is 1. The van der Waals surface area contributed by atoms with E-state index in [-0.39, 0.29) is 12.6 Å². The van der Waals surface area contributed by atoms with E-state index < -0.39 is 0 Å². The van der Waals surface area contributed by atoms with Crippen LogP contribution < -0.4 is 5.32 Å². The number of hydrogen-bond acceptors (Lipinski definition) is 6. The van der Waals surface area contributed by atoms with Gasteiger partial charge in [-0.15, -0.1) is 11.3 Å². The van der Waals surface area contributed by atoms with Crippen molar-refractivity contribution >= 4 is 27.4 Å². The first-order chi connectivity index (χ1) is 9.81. The Bertz CT molecular complexity index is 586. The summed E-state index contributed by atoms with van der Waals surface area (Å²) in [6.07, 6.45) is 3.46. The number of fused-ring (bicyclic) bond motifs is 1. The number of rotatable bonds is 4. The van der Waals surface area contributed by atoms with Crippen molar-refractivity contribution in [1.82, 2.24) is 14.9 Å². The number of hydrogen-bond donors (Lipinski definition) is 2. The standard InChI is InChI=1S/C14H20N4OS/c1-15-13-11-5-7-20-14(11)17-12(16-13)8-18-6-3-2-4-10(18)9-19/h5,7,10,19H,2-4,6,8-9H2,1H3,(H,15,16,17). The Hall–Kier alpha value is -1.24. The van der Waals surface area contributed by atoms with Crippen LogP contribution in [0.25, 0.3) is 10.2 Å². The zero-order chi connectivity index (χ0) is 13.9. The minimum absolute atomic E-state index is 0.222. The van der Waals surface area contributed by atoms with Gasteiger partial charge in [-0.05, 0) is 30.8 Å². The molecule has 0 bridgehead atoms. The molecule has 2 aromatic rings. The van der Waals surface area contributed by atoms with Crippen LogP contribution in [-0.4, -0.2) is 46.2 Å². The molecule has 5 nitrogen and oxygen atoms in total. The van der Waals surface area contributed by atoms with Crippen molar-refractivity contribution in [3.8, 4) is 0 Å². The molecule has 1 saturated heterocycles. The number of aliphatic hydroxyl groups excluding tert-OH is 1. The molecule has 1 unspecified atom stereocenters. The molecule has 2 aromatic heterocycles. The van der Waals surface area contributed by atoms with Crippen LogP contribution in [0.1, 0.15) is 25.1 Å². The predicted molar refractivity (Wildman–Crippen MR) is 82.1 cm³/mol. The van der Waals surface area contributed by atoms with Gasteiger partial charge in [-0.1, -0.05) is 6.42 Å². The molecule has 0 aliphatic carbocycles. The van der Waals surface area contributed by atoms with E-state index in [1.807, 2.05) is 18.5 Å². The van der Waals surface area contributed by atoms with Gasteiger partial charge in [-0.3, -0.25) is 4.90 Å². The van der Waals surface area contributed by atoms with Gasteiger partial charge in [-0.25, -0.2) is 9.97 Å². The van der Waals surface area contributed by atoms with Gasteiger partial charge in [0.05, 0.1) is 18.5 Å². The van der Waals surface area contributed by atoms with Crippen LogP contribution >= 0.6 is 11.3 Å². The van der Waals surface area contributed by atoms with E-state index in [9.17, 15) is 5.11 Å². The van der Waals surface area contributed by atoms with Gasteiger partial charge in [0.15, 0.2) is 0 Å². The second-order valence-corrected chi connectivity index (χ2v) is 6.08. The highest BCUT2D eigenvalue weighted by Gasteiger charge is 2.23. The molecule has 3 heterocycles. The summed E-state index contributed by atoms with van der Waals surface area (Å²) in [6.45, 7) is 1.96. The van der Waals surface area contributed by atoms with E-state index in [1.165, 1.54) is 12.8 Å². The number of anilines is 1. The summed E-state index contributed by atoms with van der Waals surface area (Å²) in [6, 6.07) is 2.30. The van der Waals surface area contributed by atoms with Crippen LogP contribution in [0.3, 0.4) is 0 Å². The lowest BCUT2D eigenvalue weighted by atomic mass is 10.0. The Morgan fingerprint density at radius 1 is 1.45 bits per heavy atom. The maximum absolute atomic E-state index is 9.49. The van der Waals surface area contributed by atoms with Gasteiger partial charge in [0.2, 0.25) is 0 Å². The molecule has 20 heavy (non-hydrogen) atoms. The maximum atomic E-state index is 9.49. The first-order valence-corrected chi connectivity index (χ1v) is 7.96. The lowest BCUT2D eigenvalue weighted by Crippen LogP contribution is -2.41. The van der Waals surface area contributed by atoms with Crippen LogP contribution in [0.15, 0.2) is 11.4 Å². The maximum Gasteiger partial charge on any atom is 0.146 e. The minimum atomic E-state index is 0.222. The van der Waals surface area contributed by atoms with Crippen molar-refractivity contribution in [2.45, 2.75) is 31.8 Å². The second-order valence-electron chi connectivity index (χ2n) is 5.18. The predicted octanol–water partition coefficient (Wildman–Crippen LogP) is 2.08. The molecule has 1 fully saturated rings. The molecular weight excluding hydrogens is 272 g/mol. The average molecular weight is 292 g/mol. The highest BCUT2D eigenvalue weighted by atomic mass is 32.1. The normalized spacial score (nSPS) is 20.4. The molecule has 0 aromatic carbocycles. The summed E-state index contributed by atoms with van der Waals surface area (Å²) in [5.74, 6) is 1.73. The molecule has 1 aliphatic rings. The topological polar surface area (TPSA) is 61.3 Å². The number of piperidine rings is 1. The zero-order valence-corrected chi connectivity index (χ0v) is 12.5. The Kier molecular flexibility index (Phi) is 4.14. The fraction of sp³-hybridized carbons (Fsp3) is 0.571. The van der Waals surface area contributed by atoms with Crippen molar-refractivity contribution in [2.75, 3.05) is 25.5 Å². The van der Waals surface area contributed by atoms with Crippen molar-refractivity contribution in [3.63, 3.8) is 0 Å². The second kappa shape index (κ2) is 6.03. The number of nitrogens with one attached hydrogen (secondary N) is 1. The monoisotopic (exact) mass is 292 g/mol. The average Bonchev–Trinajstić information content (AvgIpc) is 2.95. The third-order valence-corrected chi connectivity index (χ3v) is 4.72. The number of aromatic nitrogens is 2. The van der Waals surface area contributed by atoms with Crippen LogP contribution in [0.2, 0.25) is 0 Å². The Morgan fingerprint density at radius 3 is 3.15 bits per heavy atom. The summed E-state index contributed by atoms with van der Waals surface area (Å²) >= 11 is 1.64. The molecule has 108 valence electrons. The highest BCUT2D eigenvalue weighted by Crippen LogP contribution is 2.26. The summed E-state index contributed by atoms with van der Waals surface area (Å²) in [7, 11) is 1.89. The van der Waals surface area contributed by atoms with Crippen molar-refractivity contribution in [1.29, 1.82) is 0 Å². The molecule has 1 aliphatic heterocycles. The van der Waals surface area contributed by atoms with Gasteiger partial charge in [0, 0.05) is 13.1 Å². The Balaban J connectivity index is 1.86. The highest BCUT2D eigenvalue weighted by molar-refractivity contribution is 7.16. The third kappa shape index (κ3) is 2.63. The molecule has 0 saturated carbocycles. The molecule has 2 N–H and O–H groups in total. The number of likely N-dealkylation sites (tertiary alicyclic amines) is 1. The fourth-order valence-electron chi connectivity index (χ4n) is 2.82. The number of thiophene rings is 1. The van der Waals surface area contributed by atoms with E-state index in [4.69, 9.17) is 0 Å². The summed E-state index contributed by atoms with van der Waals surface area (Å²) in [5.41, 5.74) is 0. The van der Waals surface area contributed by atoms with Gasteiger partial charge < -0.3 is 10.4 Å². The summed E-state index contributed by atoms with van der Waals surface area (Å²) in [4.78, 5) is 12.6. The molecule has 6 heteroatoms. The molecule has 0 amide bonds. The van der Waals surface area contributed by atoms with Crippen molar-refractivity contribution < 1.29 is 5.11 Å². The lowest BCUT2D eigenvalue weighted by Gasteiger charge is -2.33. The molecule has 0 radical (unpaired) electrons. The fourth-order valence-corrected chi connectivity index (χ4v) is 3.60. The first kappa shape index (κ1) is 13.7. The van der Waals surface area contributed by atoms with Crippen LogP contribution in [0.5, 0.6) is 0 Å². The lowest BCUT2D eigenvalue weighted by molar-refractivity contribution is 0.0821. The van der Waals surface area contributed by atoms with E-state index in [0.717, 1.165) is 34.8 Å². The van der Waals surface area contributed by atoms with E-state index in [2.05, 4.69) is 20.2 Å². The van der Waals surface area contributed by atoms with Crippen molar-refractivity contribution in [2.24, 2.45) is 0 Å². The smallest absolute Gasteiger partial charge is 0.146 e. The SMILES string of the molecule is CNc1nc(CN2CCCCC2CO)nc2sccc12. The molecule has 1 atom stereocenters. The van der Waals surface area contributed by atoms with Gasteiger partial charge >= 0.3 is 0 Å². The zero-order valence-electron chi connectivity index (χ0n) is 11.7. The minimum Gasteiger partial charge on any atom is -0.395 e. The van der Waals surface area contributed by atoms with E-state index >= 15 is 0 Å². The van der Waals surface area contributed by atoms with Crippen LogP contribution in [0.4, 0.5) is 5.82 Å². The Morgan fingerprint density at radius 2 is 2.35 bits per heavy atom. The largest absolute Gasteiger partial charge is 0.395 e. The Labute approximate surface area is 122 Å². The third-order valence-electron chi connectivity index (χ3n) is 3.91. The van der Waals surface area contributed by atoms with Crippen LogP contribution in [-0.2, 0) is 6.54 Å². The summed E-state index contributed by atoms with van der Waals surface area (Å²) in [5, 5.41) is 15.8. The first-order valence-electron chi connectivity index (χ1n) is 7.08. The van der Waals surface area contributed by atoms with Gasteiger partial charge in [-0.2, -0.15) is 0 Å². The van der Waals surface area contributed by atoms with Gasteiger partial charge in [0.25, 0.3) is 0 Å². The van der Waals surface area contributed by atoms with E-state index in [0.29, 0.717) is 6.54 Å². The molecule has 0 spiro atoms. The van der Waals surface area contributed by atoms with Crippen molar-refractivity contribution in [3.05, 3.63) is 17.3 Å². The quantitative estimate of drug-likeness (QED) is 0.903. The number of nitrogens with zero attached hydrogens (tertiary/aromatic N) is 3. The van der Waals surface area contributed by atoms with Gasteiger partial charge in [0.1, 0.15) is 16.5 Å². The summed E-state index contributed by atoms with van der Waals surface area (Å²) < 4.78 is 0. The molecular formula is C14H20N4OS. The van der Waals surface area contributed by atoms with Crippen LogP contribution in [0, 0.1) is 0 Å².